The Bertz CT molecular complexity index is 690. The average molecular weight is 351 g/mol. The SMILES string of the molecule is C[C@H](/C=N\NC(=O)COc1ccc(Cl)cc1Cl)c1ccccc1. The highest BCUT2D eigenvalue weighted by atomic mass is 35.5. The van der Waals surface area contributed by atoms with Gasteiger partial charge in [0.2, 0.25) is 0 Å². The van der Waals surface area contributed by atoms with Crippen molar-refractivity contribution in [3.63, 3.8) is 0 Å². The zero-order valence-corrected chi connectivity index (χ0v) is 14.0. The molecule has 0 aliphatic rings. The number of benzene rings is 2. The third-order valence-corrected chi connectivity index (χ3v) is 3.60. The molecule has 0 bridgehead atoms. The number of carbonyl (C=O) groups is 1. The molecule has 4 nitrogen and oxygen atoms in total. The number of amides is 1. The summed E-state index contributed by atoms with van der Waals surface area (Å²) in [7, 11) is 0. The van der Waals surface area contributed by atoms with Gasteiger partial charge in [-0.05, 0) is 23.8 Å². The smallest absolute Gasteiger partial charge is 0.277 e. The first-order chi connectivity index (χ1) is 11.1. The molecular formula is C17H16Cl2N2O2. The second kappa shape index (κ2) is 8.56. The topological polar surface area (TPSA) is 50.7 Å². The second-order valence-corrected chi connectivity index (χ2v) is 5.72. The third kappa shape index (κ3) is 5.58. The molecule has 120 valence electrons. The average Bonchev–Trinajstić information content (AvgIpc) is 2.54. The lowest BCUT2D eigenvalue weighted by Crippen LogP contribution is -2.24. The number of ether oxygens (including phenoxy) is 1. The second-order valence-electron chi connectivity index (χ2n) is 4.88. The normalized spacial score (nSPS) is 12.1. The van der Waals surface area contributed by atoms with E-state index in [9.17, 15) is 4.79 Å². The van der Waals surface area contributed by atoms with Crippen molar-refractivity contribution >= 4 is 35.3 Å². The highest BCUT2D eigenvalue weighted by Crippen LogP contribution is 2.27. The van der Waals surface area contributed by atoms with Crippen molar-refractivity contribution in [1.29, 1.82) is 0 Å². The molecule has 6 heteroatoms. The Morgan fingerprint density at radius 3 is 2.70 bits per heavy atom. The number of hydrogen-bond donors (Lipinski definition) is 1. The van der Waals surface area contributed by atoms with Crippen LogP contribution in [0.3, 0.4) is 0 Å². The summed E-state index contributed by atoms with van der Waals surface area (Å²) in [6, 6.07) is 14.7. The van der Waals surface area contributed by atoms with Gasteiger partial charge in [0.25, 0.3) is 5.91 Å². The number of rotatable bonds is 6. The van der Waals surface area contributed by atoms with Crippen LogP contribution in [0, 0.1) is 0 Å². The fraction of sp³-hybridized carbons (Fsp3) is 0.176. The molecule has 23 heavy (non-hydrogen) atoms. The molecule has 0 aliphatic carbocycles. The van der Waals surface area contributed by atoms with E-state index in [0.29, 0.717) is 15.8 Å². The zero-order valence-electron chi connectivity index (χ0n) is 12.5. The van der Waals surface area contributed by atoms with Crippen LogP contribution in [-0.2, 0) is 4.79 Å². The number of nitrogens with one attached hydrogen (secondary N) is 1. The van der Waals surface area contributed by atoms with Crippen LogP contribution < -0.4 is 10.2 Å². The Morgan fingerprint density at radius 2 is 2.00 bits per heavy atom. The first-order valence-corrected chi connectivity index (χ1v) is 7.76. The molecule has 2 aromatic carbocycles. The lowest BCUT2D eigenvalue weighted by atomic mass is 10.0. The van der Waals surface area contributed by atoms with E-state index >= 15 is 0 Å². The van der Waals surface area contributed by atoms with Gasteiger partial charge in [0.1, 0.15) is 5.75 Å². The van der Waals surface area contributed by atoms with E-state index in [2.05, 4.69) is 10.5 Å². The molecule has 0 saturated heterocycles. The minimum atomic E-state index is -0.368. The monoisotopic (exact) mass is 350 g/mol. The van der Waals surface area contributed by atoms with Gasteiger partial charge >= 0.3 is 0 Å². The van der Waals surface area contributed by atoms with E-state index < -0.39 is 0 Å². The minimum Gasteiger partial charge on any atom is -0.482 e. The predicted octanol–water partition coefficient (Wildman–Crippen LogP) is 4.28. The standard InChI is InChI=1S/C17H16Cl2N2O2/c1-12(13-5-3-2-4-6-13)10-20-21-17(22)11-23-16-8-7-14(18)9-15(16)19/h2-10,12H,11H2,1H3,(H,21,22)/b20-10-/t12-/m1/s1. The summed E-state index contributed by atoms with van der Waals surface area (Å²) in [5.41, 5.74) is 3.54. The van der Waals surface area contributed by atoms with Crippen molar-refractivity contribution in [1.82, 2.24) is 5.43 Å². The highest BCUT2D eigenvalue weighted by Gasteiger charge is 2.06. The van der Waals surface area contributed by atoms with Gasteiger partial charge in [0.05, 0.1) is 5.02 Å². The van der Waals surface area contributed by atoms with Crippen LogP contribution in [0.4, 0.5) is 0 Å². The van der Waals surface area contributed by atoms with Crippen molar-refractivity contribution in [2.75, 3.05) is 6.61 Å². The molecule has 0 heterocycles. The van der Waals surface area contributed by atoms with Crippen LogP contribution in [-0.4, -0.2) is 18.7 Å². The molecule has 1 atom stereocenters. The number of hydrazone groups is 1. The lowest BCUT2D eigenvalue weighted by Gasteiger charge is -2.08. The van der Waals surface area contributed by atoms with Gasteiger partial charge in [0.15, 0.2) is 6.61 Å². The van der Waals surface area contributed by atoms with Crippen molar-refractivity contribution in [2.45, 2.75) is 12.8 Å². The van der Waals surface area contributed by atoms with Crippen LogP contribution in [0.2, 0.25) is 10.0 Å². The maximum absolute atomic E-state index is 11.7. The molecule has 0 aromatic heterocycles. The van der Waals surface area contributed by atoms with E-state index in [1.165, 1.54) is 0 Å². The lowest BCUT2D eigenvalue weighted by molar-refractivity contribution is -0.123. The van der Waals surface area contributed by atoms with Crippen LogP contribution in [0.1, 0.15) is 18.4 Å². The molecule has 0 aliphatic heterocycles. The van der Waals surface area contributed by atoms with E-state index in [-0.39, 0.29) is 18.4 Å². The van der Waals surface area contributed by atoms with Gasteiger partial charge in [-0.2, -0.15) is 5.10 Å². The maximum atomic E-state index is 11.7. The number of halogens is 2. The van der Waals surface area contributed by atoms with Gasteiger partial charge < -0.3 is 4.74 Å². The van der Waals surface area contributed by atoms with Gasteiger partial charge in [-0.3, -0.25) is 4.79 Å². The maximum Gasteiger partial charge on any atom is 0.277 e. The molecule has 0 radical (unpaired) electrons. The fourth-order valence-electron chi connectivity index (χ4n) is 1.83. The molecule has 0 spiro atoms. The summed E-state index contributed by atoms with van der Waals surface area (Å²) in [6.07, 6.45) is 1.67. The highest BCUT2D eigenvalue weighted by molar-refractivity contribution is 6.35. The van der Waals surface area contributed by atoms with E-state index in [1.54, 1.807) is 24.4 Å². The van der Waals surface area contributed by atoms with Crippen LogP contribution in [0.15, 0.2) is 53.6 Å². The third-order valence-electron chi connectivity index (χ3n) is 3.07. The summed E-state index contributed by atoms with van der Waals surface area (Å²) >= 11 is 11.7. The van der Waals surface area contributed by atoms with Crippen molar-refractivity contribution in [3.05, 3.63) is 64.1 Å². The predicted molar refractivity (Wildman–Crippen MR) is 93.4 cm³/mol. The first kappa shape index (κ1) is 17.3. The minimum absolute atomic E-state index is 0.100. The number of nitrogens with zero attached hydrogens (tertiary/aromatic N) is 1. The zero-order chi connectivity index (χ0) is 16.7. The summed E-state index contributed by atoms with van der Waals surface area (Å²) < 4.78 is 5.32. The summed E-state index contributed by atoms with van der Waals surface area (Å²) in [5, 5.41) is 4.80. The Kier molecular flexibility index (Phi) is 6.44. The van der Waals surface area contributed by atoms with Gasteiger partial charge in [-0.15, -0.1) is 0 Å². The van der Waals surface area contributed by atoms with E-state index in [0.717, 1.165) is 5.56 Å². The number of carbonyl (C=O) groups excluding carboxylic acids is 1. The Hall–Kier alpha value is -2.04. The number of hydrogen-bond acceptors (Lipinski definition) is 3. The molecule has 1 N–H and O–H groups in total. The molecule has 2 rings (SSSR count). The van der Waals surface area contributed by atoms with E-state index in [1.807, 2.05) is 37.3 Å². The molecular weight excluding hydrogens is 335 g/mol. The van der Waals surface area contributed by atoms with Crippen LogP contribution in [0.25, 0.3) is 0 Å². The summed E-state index contributed by atoms with van der Waals surface area (Å²) in [4.78, 5) is 11.7. The summed E-state index contributed by atoms with van der Waals surface area (Å²) in [6.45, 7) is 1.81. The van der Waals surface area contributed by atoms with Crippen molar-refractivity contribution in [3.8, 4) is 5.75 Å². The quantitative estimate of drug-likeness (QED) is 0.624. The summed E-state index contributed by atoms with van der Waals surface area (Å²) in [5.74, 6) is 0.128. The first-order valence-electron chi connectivity index (χ1n) is 7.01. The van der Waals surface area contributed by atoms with Gasteiger partial charge in [-0.25, -0.2) is 5.43 Å². The molecule has 1 amide bonds. The molecule has 2 aromatic rings. The van der Waals surface area contributed by atoms with E-state index in [4.69, 9.17) is 27.9 Å². The van der Waals surface area contributed by atoms with Gasteiger partial charge in [-0.1, -0.05) is 60.5 Å². The molecule has 0 fully saturated rings. The van der Waals surface area contributed by atoms with Crippen LogP contribution in [0.5, 0.6) is 5.75 Å². The Labute approximate surface area is 145 Å². The molecule has 0 saturated carbocycles. The van der Waals surface area contributed by atoms with Crippen LogP contribution >= 0.6 is 23.2 Å². The Morgan fingerprint density at radius 1 is 1.26 bits per heavy atom. The Balaban J connectivity index is 1.80. The fourth-order valence-corrected chi connectivity index (χ4v) is 2.29. The van der Waals surface area contributed by atoms with Crippen molar-refractivity contribution < 1.29 is 9.53 Å². The largest absolute Gasteiger partial charge is 0.482 e. The van der Waals surface area contributed by atoms with Crippen molar-refractivity contribution in [2.24, 2.45) is 5.10 Å². The van der Waals surface area contributed by atoms with Gasteiger partial charge in [0, 0.05) is 17.2 Å². The molecule has 0 unspecified atom stereocenters.